The van der Waals surface area contributed by atoms with Crippen molar-refractivity contribution in [1.82, 2.24) is 4.90 Å². The quantitative estimate of drug-likeness (QED) is 0.189. The molecule has 40 heavy (non-hydrogen) atoms. The molecule has 0 saturated carbocycles. The van der Waals surface area contributed by atoms with Crippen molar-refractivity contribution >= 4 is 12.4 Å². The Kier molecular flexibility index (Phi) is 8.11. The van der Waals surface area contributed by atoms with Crippen LogP contribution in [0.1, 0.15) is 33.2 Å². The van der Waals surface area contributed by atoms with Gasteiger partial charge < -0.3 is 23.8 Å². The van der Waals surface area contributed by atoms with Crippen LogP contribution in [0, 0.1) is 0 Å². The molecular weight excluding hydrogens is 510 g/mol. The van der Waals surface area contributed by atoms with E-state index in [2.05, 4.69) is 0 Å². The highest BCUT2D eigenvalue weighted by atomic mass is 16.7. The average Bonchev–Trinajstić information content (AvgIpc) is 3.01. The summed E-state index contributed by atoms with van der Waals surface area (Å²) in [7, 11) is 0. The number of ether oxygens (including phenoxy) is 5. The van der Waals surface area contributed by atoms with E-state index in [0.29, 0.717) is 0 Å². The first kappa shape index (κ1) is 21.2. The minimum Gasteiger partial charge on any atom is -0.463 e. The third-order valence-electron chi connectivity index (χ3n) is 6.16. The van der Waals surface area contributed by atoms with Gasteiger partial charge in [-0.1, -0.05) is 91.0 Å². The zero-order valence-electron chi connectivity index (χ0n) is 29.2. The molecule has 1 aliphatic heterocycles. The van der Waals surface area contributed by atoms with Crippen LogP contribution in [0.5, 0.6) is 0 Å². The number of nitrogens with zero attached hydrogens (tertiary/aromatic N) is 1. The summed E-state index contributed by atoms with van der Waals surface area (Å²) in [6, 6.07) is 27.8. The lowest BCUT2D eigenvalue weighted by molar-refractivity contribution is -0.595. The number of benzene rings is 3. The Bertz CT molecular complexity index is 1410. The first-order chi connectivity index (χ1) is 22.3. The third-order valence-corrected chi connectivity index (χ3v) is 6.16. The average molecular weight is 556 g/mol. The standard InChI is InChI=1S/C32H38NO7/c1-24(34)35-22-28-29(36-19-25-13-7-4-8-14-25)30(37-20-26-15-9-5-10-16-26)31(32(40-28)39-23-33(2)3)38-21-27-17-11-6-12-18-27/h4-18,23,28-32H,19-22H2,1-3H3/q+1/t28-,29-,30+,31-,32+/m1/s1/i2D3,3D3,23D. The van der Waals surface area contributed by atoms with Gasteiger partial charge in [-0.15, -0.1) is 0 Å². The van der Waals surface area contributed by atoms with E-state index in [4.69, 9.17) is 37.7 Å². The molecule has 3 aromatic rings. The number of carbonyl (C=O) groups is 1. The van der Waals surface area contributed by atoms with Gasteiger partial charge in [0.2, 0.25) is 7.47 Å². The number of carbonyl (C=O) groups excluding carboxylic acids is 2. The molecule has 1 aliphatic rings. The van der Waals surface area contributed by atoms with E-state index in [1.807, 2.05) is 91.0 Å². The topological polar surface area (TPSA) is 77.8 Å². The molecule has 0 aliphatic carbocycles. The van der Waals surface area contributed by atoms with E-state index in [1.54, 1.807) is 0 Å². The van der Waals surface area contributed by atoms with Crippen LogP contribution in [0.25, 0.3) is 0 Å². The predicted octanol–water partition coefficient (Wildman–Crippen LogP) is 4.28. The molecule has 1 fully saturated rings. The zero-order valence-corrected chi connectivity index (χ0v) is 22.2. The fourth-order valence-electron chi connectivity index (χ4n) is 4.28. The fourth-order valence-corrected chi connectivity index (χ4v) is 4.28. The lowest BCUT2D eigenvalue weighted by atomic mass is 9.98. The summed E-state index contributed by atoms with van der Waals surface area (Å²) in [4.78, 5) is 11.8. The maximum Gasteiger partial charge on any atom is 0.412 e. The number of hydrogen-bond donors (Lipinski definition) is 0. The molecule has 1 heterocycles. The lowest BCUT2D eigenvalue weighted by Gasteiger charge is -2.41. The van der Waals surface area contributed by atoms with Gasteiger partial charge in [-0.25, -0.2) is 4.42 Å². The molecule has 0 unspecified atom stereocenters. The number of amides is 1. The van der Waals surface area contributed by atoms with Crippen molar-refractivity contribution in [3.63, 3.8) is 0 Å². The van der Waals surface area contributed by atoms with Crippen molar-refractivity contribution in [1.29, 1.82) is 0 Å². The van der Waals surface area contributed by atoms with Gasteiger partial charge >= 0.3 is 18.6 Å². The molecule has 0 bridgehead atoms. The van der Waals surface area contributed by atoms with Gasteiger partial charge in [0.1, 0.15) is 24.9 Å². The highest BCUT2D eigenvalue weighted by Crippen LogP contribution is 2.30. The molecule has 5 atom stereocenters. The second-order valence-corrected chi connectivity index (χ2v) is 9.17. The first-order valence-electron chi connectivity index (χ1n) is 16.4. The SMILES string of the molecule is [2H]C(=[O+][C@H]1O[C@H](COC(C)=O)[C@@H](OCc2ccccc2)[C@H](OCc2ccccc2)[C@H]1OCc1ccccc1)N(C([2H])([2H])[2H])C([2H])([2H])[2H]. The largest absolute Gasteiger partial charge is 0.463 e. The van der Waals surface area contributed by atoms with E-state index < -0.39 is 57.0 Å². The maximum absolute atomic E-state index is 11.9. The maximum atomic E-state index is 11.9. The van der Waals surface area contributed by atoms with Gasteiger partial charge in [0, 0.05) is 29.1 Å². The third kappa shape index (κ3) is 8.99. The number of hydrogen-bond acceptors (Lipinski definition) is 6. The molecule has 4 rings (SSSR count). The van der Waals surface area contributed by atoms with E-state index in [1.165, 1.54) is 6.92 Å². The van der Waals surface area contributed by atoms with Crippen LogP contribution in [0.3, 0.4) is 0 Å². The number of esters is 1. The van der Waals surface area contributed by atoms with Gasteiger partial charge in [-0.3, -0.25) is 9.53 Å². The summed E-state index contributed by atoms with van der Waals surface area (Å²) in [6.45, 7) is -5.36. The summed E-state index contributed by atoms with van der Waals surface area (Å²) in [6.07, 6.45) is -6.98. The van der Waals surface area contributed by atoms with Crippen molar-refractivity contribution in [2.24, 2.45) is 0 Å². The molecule has 0 spiro atoms. The molecule has 212 valence electrons. The van der Waals surface area contributed by atoms with E-state index >= 15 is 0 Å². The number of rotatable bonds is 12. The van der Waals surface area contributed by atoms with Crippen LogP contribution in [0.4, 0.5) is 0 Å². The Balaban J connectivity index is 1.78. The Labute approximate surface area is 245 Å². The highest BCUT2D eigenvalue weighted by Gasteiger charge is 2.54. The highest BCUT2D eigenvalue weighted by molar-refractivity contribution is 5.65. The van der Waals surface area contributed by atoms with Crippen LogP contribution in [-0.4, -0.2) is 68.5 Å². The minimum absolute atomic E-state index is 0.0233. The van der Waals surface area contributed by atoms with Crippen LogP contribution in [0.2, 0.25) is 0 Å². The summed E-state index contributed by atoms with van der Waals surface area (Å²) < 4.78 is 91.4. The molecule has 1 saturated heterocycles. The van der Waals surface area contributed by atoms with E-state index in [-0.39, 0.29) is 31.3 Å². The van der Waals surface area contributed by atoms with Gasteiger partial charge in [0.05, 0.1) is 19.8 Å². The monoisotopic (exact) mass is 555 g/mol. The molecule has 0 aromatic heterocycles. The lowest BCUT2D eigenvalue weighted by Crippen LogP contribution is -2.61. The summed E-state index contributed by atoms with van der Waals surface area (Å²) in [5, 5.41) is 0. The Morgan fingerprint density at radius 3 is 1.77 bits per heavy atom. The normalized spacial score (nSPS) is 26.2. The van der Waals surface area contributed by atoms with Gasteiger partial charge in [0.25, 0.3) is 0 Å². The van der Waals surface area contributed by atoms with Gasteiger partial charge in [-0.2, -0.15) is 0 Å². The summed E-state index contributed by atoms with van der Waals surface area (Å²) in [5.74, 6) is -0.596. The van der Waals surface area contributed by atoms with E-state index in [0.717, 1.165) is 16.7 Å². The van der Waals surface area contributed by atoms with Crippen molar-refractivity contribution in [3.05, 3.63) is 108 Å². The van der Waals surface area contributed by atoms with E-state index in [9.17, 15) is 4.79 Å². The molecule has 0 radical (unpaired) electrons. The molecule has 8 heteroatoms. The van der Waals surface area contributed by atoms with Gasteiger partial charge in [-0.05, 0) is 16.7 Å². The Morgan fingerprint density at radius 2 is 1.30 bits per heavy atom. The smallest absolute Gasteiger partial charge is 0.412 e. The Morgan fingerprint density at radius 1 is 0.825 bits per heavy atom. The molecule has 1 amide bonds. The van der Waals surface area contributed by atoms with Crippen molar-refractivity contribution < 1.29 is 42.5 Å². The molecule has 8 nitrogen and oxygen atoms in total. The van der Waals surface area contributed by atoms with Crippen molar-refractivity contribution in [3.8, 4) is 0 Å². The van der Waals surface area contributed by atoms with Crippen LogP contribution in [-0.2, 0) is 52.7 Å². The molecule has 3 aromatic carbocycles. The van der Waals surface area contributed by atoms with Crippen LogP contribution >= 0.6 is 0 Å². The van der Waals surface area contributed by atoms with Crippen molar-refractivity contribution in [2.75, 3.05) is 20.6 Å². The zero-order chi connectivity index (χ0) is 34.0. The van der Waals surface area contributed by atoms with Crippen molar-refractivity contribution in [2.45, 2.75) is 57.5 Å². The van der Waals surface area contributed by atoms with Gasteiger partial charge in [0.15, 0.2) is 0 Å². The fraction of sp³-hybridized carbons (Fsp3) is 0.375. The van der Waals surface area contributed by atoms with Crippen LogP contribution in [0.15, 0.2) is 91.0 Å². The summed E-state index contributed by atoms with van der Waals surface area (Å²) >= 11 is 0. The predicted molar refractivity (Wildman–Crippen MR) is 150 cm³/mol. The molecule has 0 N–H and O–H groups in total. The summed E-state index contributed by atoms with van der Waals surface area (Å²) in [5.41, 5.74) is 2.44. The Hall–Kier alpha value is -3.56. The second-order valence-electron chi connectivity index (χ2n) is 9.17. The minimum atomic E-state index is -3.25. The van der Waals surface area contributed by atoms with Crippen LogP contribution < -0.4 is 0 Å². The molecular formula is C32H38NO7+. The first-order valence-corrected chi connectivity index (χ1v) is 12.9. The second kappa shape index (κ2) is 15.3.